The molecule has 0 radical (unpaired) electrons. The number of nitriles is 1. The summed E-state index contributed by atoms with van der Waals surface area (Å²) in [6.07, 6.45) is 4.55. The third-order valence-corrected chi connectivity index (χ3v) is 8.79. The quantitative estimate of drug-likeness (QED) is 0.109. The maximum absolute atomic E-state index is 11.5. The van der Waals surface area contributed by atoms with Crippen LogP contribution in [0.4, 0.5) is 0 Å². The van der Waals surface area contributed by atoms with Crippen LogP contribution in [0.2, 0.25) is 5.02 Å². The molecule has 0 spiro atoms. The largest absolute Gasteiger partial charge is 0.493 e. The highest BCUT2D eigenvalue weighted by Gasteiger charge is 2.20. The standard InChI is InChI=1S/C38H41ClN4O7/c1-25-32(7-3-8-35(25)48-12-4-10-43-11-9-31(45)21-43)29-6-2-5-26(14-29)23-50-37-16-36(49-24-28-13-27(17-40)18-41-19-28)30(15-33(37)39)20-42-34(22-44)38(46)47/h2-3,5-8,13-16,18-19,31,34,42,44-45H,4,9-12,20-24H2,1H3,(H,46,47)/t31-,34-/m1/s1. The van der Waals surface area contributed by atoms with Gasteiger partial charge in [0.1, 0.15) is 42.6 Å². The Balaban J connectivity index is 1.27. The minimum absolute atomic E-state index is 0.0517. The summed E-state index contributed by atoms with van der Waals surface area (Å²) in [6.45, 7) is 4.97. The maximum atomic E-state index is 11.5. The van der Waals surface area contributed by atoms with E-state index in [2.05, 4.69) is 33.4 Å². The van der Waals surface area contributed by atoms with Gasteiger partial charge in [0.05, 0.1) is 29.9 Å². The monoisotopic (exact) mass is 700 g/mol. The van der Waals surface area contributed by atoms with Crippen LogP contribution in [0.3, 0.4) is 0 Å². The molecular weight excluding hydrogens is 660 g/mol. The predicted octanol–water partition coefficient (Wildman–Crippen LogP) is 5.11. The lowest BCUT2D eigenvalue weighted by Crippen LogP contribution is -2.39. The van der Waals surface area contributed by atoms with Gasteiger partial charge in [-0.05, 0) is 66.3 Å². The number of aliphatic hydroxyl groups is 2. The third kappa shape index (κ3) is 9.94. The van der Waals surface area contributed by atoms with Gasteiger partial charge in [0.2, 0.25) is 0 Å². The molecule has 2 heterocycles. The fraction of sp³-hybridized carbons (Fsp3) is 0.342. The number of halogens is 1. The Hall–Kier alpha value is -4.70. The Morgan fingerprint density at radius 2 is 1.86 bits per heavy atom. The van der Waals surface area contributed by atoms with E-state index in [1.165, 1.54) is 6.20 Å². The van der Waals surface area contributed by atoms with Crippen molar-refractivity contribution in [2.24, 2.45) is 0 Å². The molecule has 262 valence electrons. The number of hydrogen-bond acceptors (Lipinski definition) is 10. The second-order valence-electron chi connectivity index (χ2n) is 12.2. The van der Waals surface area contributed by atoms with Gasteiger partial charge >= 0.3 is 5.97 Å². The summed E-state index contributed by atoms with van der Waals surface area (Å²) >= 11 is 6.65. The minimum Gasteiger partial charge on any atom is -0.493 e. The van der Waals surface area contributed by atoms with Crippen LogP contribution in [-0.2, 0) is 24.6 Å². The molecule has 5 rings (SSSR count). The van der Waals surface area contributed by atoms with Crippen molar-refractivity contribution in [1.82, 2.24) is 15.2 Å². The zero-order valence-electron chi connectivity index (χ0n) is 27.8. The van der Waals surface area contributed by atoms with Crippen LogP contribution in [0.25, 0.3) is 11.1 Å². The zero-order valence-corrected chi connectivity index (χ0v) is 28.6. The first-order chi connectivity index (χ1) is 24.2. The van der Waals surface area contributed by atoms with Crippen molar-refractivity contribution in [1.29, 1.82) is 5.26 Å². The lowest BCUT2D eigenvalue weighted by atomic mass is 9.98. The molecule has 3 aromatic carbocycles. The lowest BCUT2D eigenvalue weighted by Gasteiger charge is -2.18. The number of ether oxygens (including phenoxy) is 3. The molecule has 12 heteroatoms. The number of carbonyl (C=O) groups is 1. The second-order valence-corrected chi connectivity index (χ2v) is 12.6. The molecule has 0 unspecified atom stereocenters. The zero-order chi connectivity index (χ0) is 35.5. The first kappa shape index (κ1) is 36.6. The number of carboxylic acid groups (broad SMARTS) is 1. The van der Waals surface area contributed by atoms with Gasteiger partial charge in [0.25, 0.3) is 0 Å². The van der Waals surface area contributed by atoms with Gasteiger partial charge in [-0.2, -0.15) is 5.26 Å². The Labute approximate surface area is 296 Å². The molecule has 4 N–H and O–H groups in total. The maximum Gasteiger partial charge on any atom is 0.323 e. The van der Waals surface area contributed by atoms with E-state index in [4.69, 9.17) is 25.8 Å². The van der Waals surface area contributed by atoms with Crippen molar-refractivity contribution < 1.29 is 34.3 Å². The summed E-state index contributed by atoms with van der Waals surface area (Å²) in [7, 11) is 0. The number of carboxylic acids is 1. The SMILES string of the molecule is Cc1c(OCCCN2CC[C@@H](O)C2)cccc1-c1cccc(COc2cc(OCc3cncc(C#N)c3)c(CN[C@H](CO)C(=O)O)cc2Cl)c1. The van der Waals surface area contributed by atoms with Gasteiger partial charge in [-0.25, -0.2) is 0 Å². The highest BCUT2D eigenvalue weighted by atomic mass is 35.5. The van der Waals surface area contributed by atoms with Crippen molar-refractivity contribution in [3.63, 3.8) is 0 Å². The van der Waals surface area contributed by atoms with Crippen LogP contribution in [0.1, 0.15) is 40.7 Å². The first-order valence-electron chi connectivity index (χ1n) is 16.4. The molecule has 0 amide bonds. The average molecular weight is 701 g/mol. The van der Waals surface area contributed by atoms with E-state index in [1.54, 1.807) is 24.4 Å². The Kier molecular flexibility index (Phi) is 13.0. The number of pyridine rings is 1. The highest BCUT2D eigenvalue weighted by molar-refractivity contribution is 6.32. The molecular formula is C38H41ClN4O7. The number of benzene rings is 3. The number of likely N-dealkylation sites (tertiary alicyclic amines) is 1. The van der Waals surface area contributed by atoms with Crippen LogP contribution in [0.5, 0.6) is 17.2 Å². The number of aromatic nitrogens is 1. The van der Waals surface area contributed by atoms with Gasteiger partial charge in [0, 0.05) is 55.8 Å². The van der Waals surface area contributed by atoms with E-state index in [0.29, 0.717) is 39.8 Å². The van der Waals surface area contributed by atoms with E-state index in [9.17, 15) is 25.4 Å². The van der Waals surface area contributed by atoms with Gasteiger partial charge in [-0.15, -0.1) is 0 Å². The summed E-state index contributed by atoms with van der Waals surface area (Å²) in [5.74, 6) is 0.405. The van der Waals surface area contributed by atoms with Crippen molar-refractivity contribution in [3.8, 4) is 34.4 Å². The fourth-order valence-electron chi connectivity index (χ4n) is 5.77. The highest BCUT2D eigenvalue weighted by Crippen LogP contribution is 2.35. The van der Waals surface area contributed by atoms with Crippen molar-refractivity contribution in [2.75, 3.05) is 32.8 Å². The molecule has 2 atom stereocenters. The molecule has 1 aliphatic heterocycles. The molecule has 50 heavy (non-hydrogen) atoms. The number of aliphatic carboxylic acids is 1. The second kappa shape index (κ2) is 17.8. The summed E-state index contributed by atoms with van der Waals surface area (Å²) in [4.78, 5) is 17.8. The molecule has 1 aliphatic rings. The molecule has 11 nitrogen and oxygen atoms in total. The first-order valence-corrected chi connectivity index (χ1v) is 16.8. The number of aliphatic hydroxyl groups excluding tert-OH is 2. The molecule has 0 bridgehead atoms. The van der Waals surface area contributed by atoms with Crippen LogP contribution in [0, 0.1) is 18.3 Å². The number of hydrogen-bond donors (Lipinski definition) is 4. The third-order valence-electron chi connectivity index (χ3n) is 8.49. The molecule has 0 saturated carbocycles. The summed E-state index contributed by atoms with van der Waals surface area (Å²) < 4.78 is 18.4. The van der Waals surface area contributed by atoms with E-state index >= 15 is 0 Å². The topological polar surface area (TPSA) is 157 Å². The van der Waals surface area contributed by atoms with Crippen molar-refractivity contribution >= 4 is 17.6 Å². The van der Waals surface area contributed by atoms with E-state index in [1.807, 2.05) is 37.3 Å². The van der Waals surface area contributed by atoms with Crippen molar-refractivity contribution in [2.45, 2.75) is 51.7 Å². The fourth-order valence-corrected chi connectivity index (χ4v) is 6.01. The predicted molar refractivity (Wildman–Crippen MR) is 188 cm³/mol. The molecule has 0 aliphatic carbocycles. The van der Waals surface area contributed by atoms with Crippen LogP contribution >= 0.6 is 11.6 Å². The summed E-state index contributed by atoms with van der Waals surface area (Å²) in [5.41, 5.74) is 5.64. The molecule has 1 fully saturated rings. The van der Waals surface area contributed by atoms with Crippen LogP contribution in [0.15, 0.2) is 73.1 Å². The summed E-state index contributed by atoms with van der Waals surface area (Å²) in [5, 5.41) is 40.9. The van der Waals surface area contributed by atoms with Gasteiger partial charge < -0.3 is 34.4 Å². The number of nitrogens with one attached hydrogen (secondary N) is 1. The van der Waals surface area contributed by atoms with Gasteiger partial charge in [-0.3, -0.25) is 15.1 Å². The van der Waals surface area contributed by atoms with Crippen LogP contribution in [-0.4, -0.2) is 76.2 Å². The molecule has 1 saturated heterocycles. The lowest BCUT2D eigenvalue weighted by molar-refractivity contribution is -0.140. The van der Waals surface area contributed by atoms with Gasteiger partial charge in [-0.1, -0.05) is 41.9 Å². The van der Waals surface area contributed by atoms with E-state index in [0.717, 1.165) is 60.5 Å². The minimum atomic E-state index is -1.19. The van der Waals surface area contributed by atoms with Gasteiger partial charge in [0.15, 0.2) is 0 Å². The Bertz CT molecular complexity index is 1810. The number of β-amino-alcohol motifs (C(OH)–C–C–N with tert-alkyl or cyclic N) is 1. The van der Waals surface area contributed by atoms with E-state index < -0.39 is 18.6 Å². The van der Waals surface area contributed by atoms with E-state index in [-0.39, 0.29) is 25.9 Å². The summed E-state index contributed by atoms with van der Waals surface area (Å²) in [6, 6.07) is 19.9. The smallest absolute Gasteiger partial charge is 0.323 e. The Morgan fingerprint density at radius 3 is 2.62 bits per heavy atom. The molecule has 4 aromatic rings. The number of nitrogens with zero attached hydrogens (tertiary/aromatic N) is 3. The molecule has 1 aromatic heterocycles. The number of rotatable bonds is 17. The van der Waals surface area contributed by atoms with Crippen LogP contribution < -0.4 is 19.5 Å². The Morgan fingerprint density at radius 1 is 1.06 bits per heavy atom. The average Bonchev–Trinajstić information content (AvgIpc) is 3.54. The normalized spacial score (nSPS) is 15.0. The van der Waals surface area contributed by atoms with Crippen molar-refractivity contribution in [3.05, 3.63) is 106 Å².